The van der Waals surface area contributed by atoms with Crippen molar-refractivity contribution in [2.75, 3.05) is 31.6 Å². The average molecular weight is 537 g/mol. The number of nitrogens with one attached hydrogen (secondary N) is 2. The summed E-state index contributed by atoms with van der Waals surface area (Å²) in [5, 5.41) is 5.92. The molecule has 208 valence electrons. The predicted molar refractivity (Wildman–Crippen MR) is 145 cm³/mol. The highest BCUT2D eigenvalue weighted by Gasteiger charge is 2.37. The molecule has 9 heteroatoms. The summed E-state index contributed by atoms with van der Waals surface area (Å²) in [4.78, 5) is 42.2. The van der Waals surface area contributed by atoms with Crippen molar-refractivity contribution in [3.8, 4) is 0 Å². The topological polar surface area (TPSA) is 91.0 Å². The minimum Gasteiger partial charge on any atom is -0.381 e. The first-order valence-electron chi connectivity index (χ1n) is 13.8. The van der Waals surface area contributed by atoms with Gasteiger partial charge < -0.3 is 25.2 Å². The van der Waals surface area contributed by atoms with Crippen LogP contribution in [0.25, 0.3) is 0 Å². The molecule has 2 aromatic carbocycles. The molecule has 0 unspecified atom stereocenters. The van der Waals surface area contributed by atoms with Crippen LogP contribution in [0.3, 0.4) is 0 Å². The van der Waals surface area contributed by atoms with Crippen LogP contribution in [0.4, 0.5) is 14.9 Å². The summed E-state index contributed by atoms with van der Waals surface area (Å²) in [7, 11) is 0. The molecule has 5 rings (SSSR count). The second kappa shape index (κ2) is 11.3. The smallest absolute Gasteiger partial charge is 0.322 e. The van der Waals surface area contributed by atoms with E-state index in [1.165, 1.54) is 17.7 Å². The summed E-state index contributed by atoms with van der Waals surface area (Å²) in [6.45, 7) is 6.86. The number of hydrogen-bond donors (Lipinski definition) is 2. The SMILES string of the molecule is CC(C)(NC(=O)C1CCOCC1)C(=O)N1CCC(c2ccc(NC(=O)N3Cc4ccc(F)cc4C3)cc2)CC1. The van der Waals surface area contributed by atoms with Crippen molar-refractivity contribution >= 4 is 23.5 Å². The molecule has 2 aromatic rings. The summed E-state index contributed by atoms with van der Waals surface area (Å²) in [5.74, 6) is -0.182. The number of benzene rings is 2. The number of halogens is 1. The van der Waals surface area contributed by atoms with Gasteiger partial charge in [-0.05, 0) is 86.4 Å². The fourth-order valence-electron chi connectivity index (χ4n) is 5.78. The van der Waals surface area contributed by atoms with Crippen LogP contribution in [0.15, 0.2) is 42.5 Å². The van der Waals surface area contributed by atoms with E-state index in [0.29, 0.717) is 63.8 Å². The van der Waals surface area contributed by atoms with Gasteiger partial charge in [-0.25, -0.2) is 9.18 Å². The van der Waals surface area contributed by atoms with E-state index in [4.69, 9.17) is 4.74 Å². The van der Waals surface area contributed by atoms with Crippen LogP contribution in [-0.2, 0) is 27.4 Å². The predicted octanol–water partition coefficient (Wildman–Crippen LogP) is 4.40. The lowest BCUT2D eigenvalue weighted by atomic mass is 9.88. The fraction of sp³-hybridized carbons (Fsp3) is 0.500. The van der Waals surface area contributed by atoms with Gasteiger partial charge in [0.05, 0.1) is 0 Å². The van der Waals surface area contributed by atoms with Crippen molar-refractivity contribution in [3.63, 3.8) is 0 Å². The Kier molecular flexibility index (Phi) is 7.88. The lowest BCUT2D eigenvalue weighted by Crippen LogP contribution is -2.58. The number of ether oxygens (including phenoxy) is 1. The van der Waals surface area contributed by atoms with Gasteiger partial charge in [0, 0.05) is 51.0 Å². The Labute approximate surface area is 228 Å². The molecule has 4 amide bonds. The Balaban J connectivity index is 1.10. The van der Waals surface area contributed by atoms with Crippen molar-refractivity contribution in [2.24, 2.45) is 5.92 Å². The van der Waals surface area contributed by atoms with E-state index in [2.05, 4.69) is 10.6 Å². The first kappa shape index (κ1) is 27.1. The molecule has 0 radical (unpaired) electrons. The monoisotopic (exact) mass is 536 g/mol. The molecule has 3 aliphatic rings. The number of fused-ring (bicyclic) bond motifs is 1. The molecule has 0 spiro atoms. The molecule has 0 aromatic heterocycles. The van der Waals surface area contributed by atoms with Gasteiger partial charge in [0.25, 0.3) is 0 Å². The summed E-state index contributed by atoms with van der Waals surface area (Å²) >= 11 is 0. The first-order valence-corrected chi connectivity index (χ1v) is 13.8. The molecule has 0 atom stereocenters. The molecule has 39 heavy (non-hydrogen) atoms. The van der Waals surface area contributed by atoms with Crippen LogP contribution in [0, 0.1) is 11.7 Å². The third kappa shape index (κ3) is 6.24. The molecule has 3 heterocycles. The van der Waals surface area contributed by atoms with Gasteiger partial charge in [-0.15, -0.1) is 0 Å². The summed E-state index contributed by atoms with van der Waals surface area (Å²) in [6, 6.07) is 12.3. The van der Waals surface area contributed by atoms with Crippen LogP contribution in [-0.4, -0.2) is 59.5 Å². The molecular weight excluding hydrogens is 499 g/mol. The number of amides is 4. The van der Waals surface area contributed by atoms with Gasteiger partial charge >= 0.3 is 6.03 Å². The van der Waals surface area contributed by atoms with Crippen LogP contribution in [0.5, 0.6) is 0 Å². The van der Waals surface area contributed by atoms with Crippen LogP contribution in [0.2, 0.25) is 0 Å². The Bertz CT molecular complexity index is 1220. The highest BCUT2D eigenvalue weighted by molar-refractivity contribution is 5.91. The van der Waals surface area contributed by atoms with Gasteiger partial charge in [-0.1, -0.05) is 18.2 Å². The van der Waals surface area contributed by atoms with Gasteiger partial charge in [-0.3, -0.25) is 9.59 Å². The number of hydrogen-bond acceptors (Lipinski definition) is 4. The normalized spacial score (nSPS) is 18.5. The third-order valence-corrected chi connectivity index (χ3v) is 8.16. The number of anilines is 1. The maximum Gasteiger partial charge on any atom is 0.322 e. The quantitative estimate of drug-likeness (QED) is 0.593. The summed E-state index contributed by atoms with van der Waals surface area (Å²) in [5.41, 5.74) is 2.75. The molecule has 8 nitrogen and oxygen atoms in total. The number of rotatable bonds is 5. The lowest BCUT2D eigenvalue weighted by molar-refractivity contribution is -0.143. The first-order chi connectivity index (χ1) is 18.7. The van der Waals surface area contributed by atoms with E-state index in [9.17, 15) is 18.8 Å². The molecule has 2 fully saturated rings. The largest absolute Gasteiger partial charge is 0.381 e. The van der Waals surface area contributed by atoms with E-state index < -0.39 is 5.54 Å². The zero-order valence-electron chi connectivity index (χ0n) is 22.7. The van der Waals surface area contributed by atoms with Crippen molar-refractivity contribution in [1.82, 2.24) is 15.1 Å². The van der Waals surface area contributed by atoms with Crippen molar-refractivity contribution in [1.29, 1.82) is 0 Å². The molecule has 3 aliphatic heterocycles. The molecule has 0 saturated carbocycles. The van der Waals surface area contributed by atoms with Crippen LogP contribution < -0.4 is 10.6 Å². The van der Waals surface area contributed by atoms with E-state index in [-0.39, 0.29) is 29.6 Å². The van der Waals surface area contributed by atoms with E-state index >= 15 is 0 Å². The second-order valence-electron chi connectivity index (χ2n) is 11.4. The van der Waals surface area contributed by atoms with Gasteiger partial charge in [0.1, 0.15) is 11.4 Å². The molecule has 2 N–H and O–H groups in total. The summed E-state index contributed by atoms with van der Waals surface area (Å²) < 4.78 is 18.8. The maximum atomic E-state index is 13.5. The Hall–Kier alpha value is -3.46. The maximum absolute atomic E-state index is 13.5. The summed E-state index contributed by atoms with van der Waals surface area (Å²) in [6.07, 6.45) is 3.06. The van der Waals surface area contributed by atoms with Crippen molar-refractivity contribution in [3.05, 3.63) is 65.0 Å². The zero-order chi connectivity index (χ0) is 27.6. The van der Waals surface area contributed by atoms with Gasteiger partial charge in [-0.2, -0.15) is 0 Å². The number of nitrogens with zero attached hydrogens (tertiary/aromatic N) is 2. The molecule has 0 bridgehead atoms. The average Bonchev–Trinajstić information content (AvgIpc) is 3.37. The third-order valence-electron chi connectivity index (χ3n) is 8.16. The molecule has 2 saturated heterocycles. The number of carbonyl (C=O) groups is 3. The minimum atomic E-state index is -0.951. The number of piperidine rings is 1. The highest BCUT2D eigenvalue weighted by Crippen LogP contribution is 2.30. The zero-order valence-corrected chi connectivity index (χ0v) is 22.7. The minimum absolute atomic E-state index is 0.0498. The number of likely N-dealkylation sites (tertiary alicyclic amines) is 1. The van der Waals surface area contributed by atoms with Crippen LogP contribution in [0.1, 0.15) is 62.1 Å². The van der Waals surface area contributed by atoms with Crippen LogP contribution >= 0.6 is 0 Å². The lowest BCUT2D eigenvalue weighted by Gasteiger charge is -2.38. The van der Waals surface area contributed by atoms with E-state index in [1.807, 2.05) is 29.2 Å². The van der Waals surface area contributed by atoms with Gasteiger partial charge in [0.2, 0.25) is 11.8 Å². The van der Waals surface area contributed by atoms with E-state index in [0.717, 1.165) is 24.0 Å². The van der Waals surface area contributed by atoms with Crippen molar-refractivity contribution in [2.45, 2.75) is 64.1 Å². The number of carbonyl (C=O) groups excluding carboxylic acids is 3. The van der Waals surface area contributed by atoms with Crippen molar-refractivity contribution < 1.29 is 23.5 Å². The number of urea groups is 1. The highest BCUT2D eigenvalue weighted by atomic mass is 19.1. The molecule has 0 aliphatic carbocycles. The van der Waals surface area contributed by atoms with E-state index in [1.54, 1.807) is 24.8 Å². The Morgan fingerprint density at radius 2 is 1.56 bits per heavy atom. The Morgan fingerprint density at radius 3 is 2.26 bits per heavy atom. The Morgan fingerprint density at radius 1 is 0.897 bits per heavy atom. The second-order valence-corrected chi connectivity index (χ2v) is 11.4. The fourth-order valence-corrected chi connectivity index (χ4v) is 5.78. The van der Waals surface area contributed by atoms with Gasteiger partial charge in [0.15, 0.2) is 0 Å². The molecular formula is C30H37FN4O4. The standard InChI is InChI=1S/C30H37FN4O4/c1-30(2,33-27(36)22-11-15-39-16-12-22)28(37)34-13-9-21(10-14-34)20-4-7-26(8-5-20)32-29(38)35-18-23-3-6-25(31)17-24(23)19-35/h3-8,17,21-22H,9-16,18-19H2,1-2H3,(H,32,38)(H,33,36).